The minimum atomic E-state index is -1.31. The molecule has 0 aliphatic carbocycles. The summed E-state index contributed by atoms with van der Waals surface area (Å²) in [6.45, 7) is 2.24. The van der Waals surface area contributed by atoms with Crippen LogP contribution < -0.4 is 0 Å². The van der Waals surface area contributed by atoms with Gasteiger partial charge in [-0.05, 0) is 37.1 Å². The van der Waals surface area contributed by atoms with Crippen molar-refractivity contribution in [2.45, 2.75) is 96.8 Å². The van der Waals surface area contributed by atoms with Gasteiger partial charge in [0.1, 0.15) is 0 Å². The zero-order chi connectivity index (χ0) is 23.6. The van der Waals surface area contributed by atoms with Crippen molar-refractivity contribution < 1.29 is 29.3 Å². The fourth-order valence-corrected chi connectivity index (χ4v) is 3.55. The van der Waals surface area contributed by atoms with E-state index in [4.69, 9.17) is 9.84 Å². The monoisotopic (exact) mass is 446 g/mol. The van der Waals surface area contributed by atoms with Gasteiger partial charge >= 0.3 is 17.9 Å². The van der Waals surface area contributed by atoms with Gasteiger partial charge in [-0.15, -0.1) is 0 Å². The number of unbranched alkanes of at least 4 members (excludes halogenated alkanes) is 13. The van der Waals surface area contributed by atoms with Gasteiger partial charge in [0.05, 0.1) is 23.0 Å². The Morgan fingerprint density at radius 3 is 1.78 bits per heavy atom. The number of hydrogen-bond acceptors (Lipinski definition) is 4. The highest BCUT2D eigenvalue weighted by atomic mass is 16.5. The number of aromatic carboxylic acids is 2. The van der Waals surface area contributed by atoms with Crippen LogP contribution >= 0.6 is 0 Å². The average Bonchev–Trinajstić information content (AvgIpc) is 2.78. The molecule has 32 heavy (non-hydrogen) atoms. The van der Waals surface area contributed by atoms with Gasteiger partial charge in [-0.3, -0.25) is 0 Å². The van der Waals surface area contributed by atoms with Crippen LogP contribution in [0.2, 0.25) is 0 Å². The molecule has 2 N–H and O–H groups in total. The SMILES string of the molecule is CCCCCCCCCCCCCCCC=COC(=O)c1cc(C(=O)O)ccc1C(=O)O. The smallest absolute Gasteiger partial charge is 0.343 e. The summed E-state index contributed by atoms with van der Waals surface area (Å²) in [4.78, 5) is 34.5. The minimum absolute atomic E-state index is 0.169. The Hall–Kier alpha value is -2.63. The Kier molecular flexibility index (Phi) is 14.5. The number of carbonyl (C=O) groups is 3. The molecule has 0 bridgehead atoms. The zero-order valence-electron chi connectivity index (χ0n) is 19.3. The van der Waals surface area contributed by atoms with E-state index in [-0.39, 0.29) is 16.7 Å². The maximum absolute atomic E-state index is 12.2. The molecule has 0 fully saturated rings. The van der Waals surface area contributed by atoms with E-state index >= 15 is 0 Å². The first kappa shape index (κ1) is 27.4. The quantitative estimate of drug-likeness (QED) is 0.140. The number of hydrogen-bond donors (Lipinski definition) is 2. The molecule has 0 amide bonds. The van der Waals surface area contributed by atoms with Gasteiger partial charge in [0, 0.05) is 0 Å². The van der Waals surface area contributed by atoms with Crippen LogP contribution in [0.4, 0.5) is 0 Å². The second-order valence-corrected chi connectivity index (χ2v) is 8.18. The van der Waals surface area contributed by atoms with Crippen LogP contribution in [0.15, 0.2) is 30.5 Å². The average molecular weight is 447 g/mol. The van der Waals surface area contributed by atoms with Crippen LogP contribution in [-0.4, -0.2) is 28.1 Å². The third kappa shape index (κ3) is 11.7. The molecule has 0 aliphatic rings. The van der Waals surface area contributed by atoms with Gasteiger partial charge in [-0.2, -0.15) is 0 Å². The maximum atomic E-state index is 12.2. The molecular weight excluding hydrogens is 408 g/mol. The number of allylic oxidation sites excluding steroid dienone is 1. The number of benzene rings is 1. The van der Waals surface area contributed by atoms with E-state index in [9.17, 15) is 19.5 Å². The van der Waals surface area contributed by atoms with Crippen molar-refractivity contribution >= 4 is 17.9 Å². The highest BCUT2D eigenvalue weighted by molar-refractivity contribution is 6.04. The van der Waals surface area contributed by atoms with Crippen molar-refractivity contribution in [1.29, 1.82) is 0 Å². The summed E-state index contributed by atoms with van der Waals surface area (Å²) < 4.78 is 4.99. The van der Waals surface area contributed by atoms with Crippen LogP contribution in [0.5, 0.6) is 0 Å². The molecule has 178 valence electrons. The molecule has 0 saturated heterocycles. The molecule has 0 aliphatic heterocycles. The van der Waals surface area contributed by atoms with Crippen LogP contribution in [-0.2, 0) is 4.74 Å². The summed E-state index contributed by atoms with van der Waals surface area (Å²) in [5.74, 6) is -3.44. The normalized spacial score (nSPS) is 11.0. The summed E-state index contributed by atoms with van der Waals surface area (Å²) in [5.41, 5.74) is -0.731. The van der Waals surface area contributed by atoms with E-state index in [1.54, 1.807) is 6.08 Å². The molecule has 0 saturated carbocycles. The van der Waals surface area contributed by atoms with Crippen molar-refractivity contribution in [1.82, 2.24) is 0 Å². The Morgan fingerprint density at radius 2 is 1.28 bits per heavy atom. The topological polar surface area (TPSA) is 101 Å². The van der Waals surface area contributed by atoms with E-state index in [2.05, 4.69) is 6.92 Å². The third-order valence-electron chi connectivity index (χ3n) is 5.46. The fraction of sp³-hybridized carbons (Fsp3) is 0.577. The van der Waals surface area contributed by atoms with Gasteiger partial charge in [0.2, 0.25) is 0 Å². The van der Waals surface area contributed by atoms with Crippen molar-refractivity contribution in [3.05, 3.63) is 47.2 Å². The summed E-state index contributed by atoms with van der Waals surface area (Å²) >= 11 is 0. The molecule has 1 rings (SSSR count). The molecule has 0 spiro atoms. The molecular formula is C26H38O6. The number of carboxylic acid groups (broad SMARTS) is 2. The molecule has 1 aromatic carbocycles. The predicted octanol–water partition coefficient (Wildman–Crippen LogP) is 7.23. The molecule has 6 heteroatoms. The van der Waals surface area contributed by atoms with Gasteiger partial charge < -0.3 is 14.9 Å². The fourth-order valence-electron chi connectivity index (χ4n) is 3.55. The zero-order valence-corrected chi connectivity index (χ0v) is 19.3. The number of rotatable bonds is 18. The predicted molar refractivity (Wildman–Crippen MR) is 125 cm³/mol. The Bertz CT molecular complexity index is 738. The standard InChI is InChI=1S/C26H38O6/c1-2-3-4-5-6-7-8-9-10-11-12-13-14-15-16-19-32-26(31)23-20-21(24(27)28)17-18-22(23)25(29)30/h16-20H,2-15H2,1H3,(H,27,28)(H,29,30). The lowest BCUT2D eigenvalue weighted by molar-refractivity contribution is 0.0630. The van der Waals surface area contributed by atoms with Gasteiger partial charge in [-0.25, -0.2) is 14.4 Å². The Balaban J connectivity index is 2.15. The largest absolute Gasteiger partial charge is 0.478 e. The van der Waals surface area contributed by atoms with E-state index in [1.165, 1.54) is 76.9 Å². The van der Waals surface area contributed by atoms with E-state index in [0.717, 1.165) is 37.5 Å². The summed E-state index contributed by atoms with van der Waals surface area (Å²) in [6, 6.07) is 3.27. The van der Waals surface area contributed by atoms with Gasteiger partial charge in [0.25, 0.3) is 0 Å². The first-order valence-corrected chi connectivity index (χ1v) is 11.9. The first-order chi connectivity index (χ1) is 15.5. The van der Waals surface area contributed by atoms with Crippen molar-refractivity contribution in [2.75, 3.05) is 0 Å². The van der Waals surface area contributed by atoms with Crippen LogP contribution in [0, 0.1) is 0 Å². The molecule has 0 aromatic heterocycles. The second kappa shape index (κ2) is 17.0. The second-order valence-electron chi connectivity index (χ2n) is 8.18. The lowest BCUT2D eigenvalue weighted by atomic mass is 10.0. The Labute approximate surface area is 191 Å². The van der Waals surface area contributed by atoms with Crippen molar-refractivity contribution in [3.8, 4) is 0 Å². The Morgan fingerprint density at radius 1 is 0.750 bits per heavy atom. The number of carboxylic acids is 2. The van der Waals surface area contributed by atoms with Crippen molar-refractivity contribution in [2.24, 2.45) is 0 Å². The van der Waals surface area contributed by atoms with Gasteiger partial charge in [0.15, 0.2) is 0 Å². The third-order valence-corrected chi connectivity index (χ3v) is 5.46. The lowest BCUT2D eigenvalue weighted by Gasteiger charge is -2.05. The van der Waals surface area contributed by atoms with E-state index < -0.39 is 17.9 Å². The molecule has 0 heterocycles. The molecule has 6 nitrogen and oxygen atoms in total. The van der Waals surface area contributed by atoms with Crippen LogP contribution in [0.25, 0.3) is 0 Å². The molecule has 0 unspecified atom stereocenters. The van der Waals surface area contributed by atoms with Crippen LogP contribution in [0.1, 0.15) is 128 Å². The lowest BCUT2D eigenvalue weighted by Crippen LogP contribution is -2.11. The number of carbonyl (C=O) groups excluding carboxylic acids is 1. The maximum Gasteiger partial charge on any atom is 0.343 e. The number of esters is 1. The summed E-state index contributed by atoms with van der Waals surface area (Å²) in [5, 5.41) is 18.2. The molecule has 0 radical (unpaired) electrons. The summed E-state index contributed by atoms with van der Waals surface area (Å²) in [7, 11) is 0. The van der Waals surface area contributed by atoms with E-state index in [1.807, 2.05) is 0 Å². The van der Waals surface area contributed by atoms with Gasteiger partial charge in [-0.1, -0.05) is 84.0 Å². The number of ether oxygens (including phenoxy) is 1. The van der Waals surface area contributed by atoms with Crippen LogP contribution in [0.3, 0.4) is 0 Å². The molecule has 1 aromatic rings. The molecule has 0 atom stereocenters. The first-order valence-electron chi connectivity index (χ1n) is 11.9. The highest BCUT2D eigenvalue weighted by Gasteiger charge is 2.19. The van der Waals surface area contributed by atoms with Crippen molar-refractivity contribution in [3.63, 3.8) is 0 Å². The summed E-state index contributed by atoms with van der Waals surface area (Å²) in [6.07, 6.45) is 20.5. The highest BCUT2D eigenvalue weighted by Crippen LogP contribution is 2.15. The minimum Gasteiger partial charge on any atom is -0.478 e. The van der Waals surface area contributed by atoms with E-state index in [0.29, 0.717) is 0 Å².